The molecule has 3 aromatic carbocycles. The minimum absolute atomic E-state index is 0.0467. The highest BCUT2D eigenvalue weighted by Crippen LogP contribution is 2.39. The van der Waals surface area contributed by atoms with Gasteiger partial charge in [-0.05, 0) is 85.0 Å². The van der Waals surface area contributed by atoms with Crippen molar-refractivity contribution in [2.24, 2.45) is 11.5 Å². The number of nitrogens with two attached hydrogens (primary N) is 2. The molecule has 1 fully saturated rings. The van der Waals surface area contributed by atoms with Crippen molar-refractivity contribution in [3.8, 4) is 22.4 Å². The number of piperidine rings is 1. The van der Waals surface area contributed by atoms with E-state index in [0.29, 0.717) is 28.3 Å². The van der Waals surface area contributed by atoms with E-state index in [0.717, 1.165) is 53.2 Å². The van der Waals surface area contributed by atoms with E-state index in [4.69, 9.17) is 23.1 Å². The van der Waals surface area contributed by atoms with Crippen LogP contribution in [0.25, 0.3) is 33.3 Å². The van der Waals surface area contributed by atoms with Crippen LogP contribution in [-0.2, 0) is 0 Å². The van der Waals surface area contributed by atoms with Gasteiger partial charge in [-0.2, -0.15) is 0 Å². The highest BCUT2D eigenvalue weighted by Gasteiger charge is 2.24. The lowest BCUT2D eigenvalue weighted by Crippen LogP contribution is -2.43. The molecule has 0 bridgehead atoms. The first kappa shape index (κ1) is 23.2. The van der Waals surface area contributed by atoms with E-state index in [9.17, 15) is 9.18 Å². The second-order valence-electron chi connectivity index (χ2n) is 9.09. The van der Waals surface area contributed by atoms with Crippen LogP contribution in [0.4, 0.5) is 10.1 Å². The molecular formula is C27H25ClFN5O. The van der Waals surface area contributed by atoms with Gasteiger partial charge in [0.2, 0.25) is 5.91 Å². The van der Waals surface area contributed by atoms with Gasteiger partial charge >= 0.3 is 0 Å². The third kappa shape index (κ3) is 4.70. The highest BCUT2D eigenvalue weighted by atomic mass is 35.5. The molecule has 1 amide bonds. The first-order valence-electron chi connectivity index (χ1n) is 11.5. The topological polar surface area (TPSA) is 98.1 Å². The summed E-state index contributed by atoms with van der Waals surface area (Å²) in [6, 6.07) is 15.6. The maximum atomic E-state index is 14.3. The number of carbonyl (C=O) groups is 1. The number of aromatic nitrogens is 2. The van der Waals surface area contributed by atoms with Crippen molar-refractivity contribution >= 4 is 34.1 Å². The minimum atomic E-state index is -0.681. The van der Waals surface area contributed by atoms with Crippen LogP contribution in [-0.4, -0.2) is 35.2 Å². The smallest absolute Gasteiger partial charge is 0.248 e. The van der Waals surface area contributed by atoms with Crippen LogP contribution in [0, 0.1) is 12.7 Å². The Labute approximate surface area is 207 Å². The molecule has 178 valence electrons. The number of amides is 1. The van der Waals surface area contributed by atoms with E-state index in [1.807, 2.05) is 43.3 Å². The lowest BCUT2D eigenvalue weighted by atomic mass is 9.97. The molecule has 8 heteroatoms. The molecule has 1 saturated heterocycles. The Kier molecular flexibility index (Phi) is 6.13. The molecule has 0 radical (unpaired) electrons. The summed E-state index contributed by atoms with van der Waals surface area (Å²) in [4.78, 5) is 14.0. The van der Waals surface area contributed by atoms with Crippen LogP contribution in [0.5, 0.6) is 0 Å². The fourth-order valence-corrected chi connectivity index (χ4v) is 5.06. The van der Waals surface area contributed by atoms with Gasteiger partial charge in [-0.3, -0.25) is 4.79 Å². The molecule has 0 saturated carbocycles. The maximum Gasteiger partial charge on any atom is 0.248 e. The molecule has 35 heavy (non-hydrogen) atoms. The fourth-order valence-electron chi connectivity index (χ4n) is 4.77. The summed E-state index contributed by atoms with van der Waals surface area (Å²) in [6.07, 6.45) is 1.92. The number of carbonyl (C=O) groups excluding carboxylic acids is 1. The summed E-state index contributed by atoms with van der Waals surface area (Å²) in [6.45, 7) is 3.50. The number of anilines is 1. The monoisotopic (exact) mass is 489 g/mol. The Morgan fingerprint density at radius 1 is 1.06 bits per heavy atom. The Hall–Kier alpha value is -3.55. The summed E-state index contributed by atoms with van der Waals surface area (Å²) < 4.78 is 14.3. The van der Waals surface area contributed by atoms with Gasteiger partial charge in [0.25, 0.3) is 0 Å². The molecule has 4 N–H and O–H groups in total. The predicted octanol–water partition coefficient (Wildman–Crippen LogP) is 5.09. The van der Waals surface area contributed by atoms with E-state index in [2.05, 4.69) is 15.1 Å². The average Bonchev–Trinajstić information content (AvgIpc) is 2.82. The lowest BCUT2D eigenvalue weighted by Gasteiger charge is -2.34. The van der Waals surface area contributed by atoms with Gasteiger partial charge in [0.1, 0.15) is 11.5 Å². The number of halogens is 2. The number of hydrogen-bond acceptors (Lipinski definition) is 5. The van der Waals surface area contributed by atoms with Crippen molar-refractivity contribution in [1.29, 1.82) is 0 Å². The van der Waals surface area contributed by atoms with Gasteiger partial charge in [0.05, 0.1) is 11.2 Å². The van der Waals surface area contributed by atoms with Crippen molar-refractivity contribution in [1.82, 2.24) is 10.2 Å². The van der Waals surface area contributed by atoms with Crippen LogP contribution in [0.1, 0.15) is 28.8 Å². The molecule has 2 heterocycles. The van der Waals surface area contributed by atoms with Gasteiger partial charge in [0, 0.05) is 40.7 Å². The van der Waals surface area contributed by atoms with Crippen molar-refractivity contribution in [3.05, 3.63) is 76.6 Å². The van der Waals surface area contributed by atoms with Crippen LogP contribution in [0.15, 0.2) is 54.6 Å². The largest absolute Gasteiger partial charge is 0.368 e. The third-order valence-corrected chi connectivity index (χ3v) is 6.56. The molecule has 0 spiro atoms. The van der Waals surface area contributed by atoms with E-state index in [1.165, 1.54) is 6.07 Å². The minimum Gasteiger partial charge on any atom is -0.368 e. The second kappa shape index (κ2) is 9.24. The quantitative estimate of drug-likeness (QED) is 0.416. The highest BCUT2D eigenvalue weighted by molar-refractivity contribution is 6.31. The van der Waals surface area contributed by atoms with Crippen LogP contribution >= 0.6 is 11.6 Å². The lowest BCUT2D eigenvalue weighted by molar-refractivity contribution is 0.1000. The molecule has 1 atom stereocenters. The first-order chi connectivity index (χ1) is 16.8. The summed E-state index contributed by atoms with van der Waals surface area (Å²) in [5.41, 5.74) is 17.4. The maximum absolute atomic E-state index is 14.3. The SMILES string of the molecule is Cc1cc(Cl)cc(-c2nnc3ccc(-c4cc(F)cc(C(N)=O)c4)cc3c2N2CCC[C@H](N)C2)c1. The number of rotatable bonds is 4. The Morgan fingerprint density at radius 2 is 1.89 bits per heavy atom. The fraction of sp³-hybridized carbons (Fsp3) is 0.222. The molecule has 1 aliphatic heterocycles. The van der Waals surface area contributed by atoms with E-state index >= 15 is 0 Å². The van der Waals surface area contributed by atoms with E-state index < -0.39 is 11.7 Å². The Morgan fingerprint density at radius 3 is 2.63 bits per heavy atom. The number of primary amides is 1. The number of hydrogen-bond donors (Lipinski definition) is 2. The zero-order valence-electron chi connectivity index (χ0n) is 19.3. The van der Waals surface area contributed by atoms with Crippen molar-refractivity contribution in [2.45, 2.75) is 25.8 Å². The second-order valence-corrected chi connectivity index (χ2v) is 9.52. The molecule has 4 aromatic rings. The Bertz CT molecular complexity index is 1440. The van der Waals surface area contributed by atoms with Gasteiger partial charge in [-0.15, -0.1) is 10.2 Å². The number of aryl methyl sites for hydroxylation is 1. The number of nitrogens with zero attached hydrogens (tertiary/aromatic N) is 3. The van der Waals surface area contributed by atoms with Crippen molar-refractivity contribution in [3.63, 3.8) is 0 Å². The van der Waals surface area contributed by atoms with Crippen LogP contribution < -0.4 is 16.4 Å². The molecule has 0 unspecified atom stereocenters. The zero-order valence-corrected chi connectivity index (χ0v) is 20.0. The molecule has 0 aliphatic carbocycles. The van der Waals surface area contributed by atoms with Gasteiger partial charge in [0.15, 0.2) is 0 Å². The predicted molar refractivity (Wildman–Crippen MR) is 138 cm³/mol. The third-order valence-electron chi connectivity index (χ3n) is 6.34. The van der Waals surface area contributed by atoms with Gasteiger partial charge in [-0.25, -0.2) is 4.39 Å². The number of fused-ring (bicyclic) bond motifs is 1. The zero-order chi connectivity index (χ0) is 24.7. The molecule has 5 rings (SSSR count). The van der Waals surface area contributed by atoms with Crippen LogP contribution in [0.2, 0.25) is 5.02 Å². The van der Waals surface area contributed by atoms with Crippen molar-refractivity contribution in [2.75, 3.05) is 18.0 Å². The average molecular weight is 490 g/mol. The Balaban J connectivity index is 1.76. The van der Waals surface area contributed by atoms with Crippen LogP contribution in [0.3, 0.4) is 0 Å². The molecule has 1 aliphatic rings. The normalized spacial score (nSPS) is 16.0. The summed E-state index contributed by atoms with van der Waals surface area (Å²) in [5.74, 6) is -1.21. The van der Waals surface area contributed by atoms with Gasteiger partial charge < -0.3 is 16.4 Å². The number of benzene rings is 3. The standard InChI is InChI=1S/C27H25ClFN5O/c1-15-7-18(10-20(28)8-15)25-26(34-6-2-3-22(30)14-34)23-13-16(4-5-24(23)32-33-25)17-9-19(27(31)35)12-21(29)11-17/h4-5,7-13,22H,2-3,6,14,30H2,1H3,(H2,31,35)/t22-/m0/s1. The summed E-state index contributed by atoms with van der Waals surface area (Å²) >= 11 is 6.38. The molecular weight excluding hydrogens is 465 g/mol. The first-order valence-corrected chi connectivity index (χ1v) is 11.9. The van der Waals surface area contributed by atoms with E-state index in [-0.39, 0.29) is 11.6 Å². The van der Waals surface area contributed by atoms with E-state index in [1.54, 1.807) is 6.07 Å². The molecule has 6 nitrogen and oxygen atoms in total. The summed E-state index contributed by atoms with van der Waals surface area (Å²) in [5, 5.41) is 10.6. The van der Waals surface area contributed by atoms with Crippen molar-refractivity contribution < 1.29 is 9.18 Å². The molecule has 1 aromatic heterocycles. The van der Waals surface area contributed by atoms with Gasteiger partial charge in [-0.1, -0.05) is 17.7 Å². The summed E-state index contributed by atoms with van der Waals surface area (Å²) in [7, 11) is 0.